The minimum atomic E-state index is -4.74. The van der Waals surface area contributed by atoms with Crippen LogP contribution in [0.15, 0.2) is 54.6 Å². The third-order valence-corrected chi connectivity index (χ3v) is 8.16. The molecule has 4 rings (SSSR count). The molecule has 0 saturated carbocycles. The molecule has 0 aliphatic carbocycles. The molecule has 236 valence electrons. The molecule has 2 amide bonds. The number of amides is 2. The summed E-state index contributed by atoms with van der Waals surface area (Å²) < 4.78 is 42.3. The Hall–Kier alpha value is -2.41. The highest BCUT2D eigenvalue weighted by atomic mass is 33.1. The molecule has 2 aliphatic heterocycles. The second-order valence-electron chi connectivity index (χ2n) is 12.1. The van der Waals surface area contributed by atoms with Crippen LogP contribution in [0.1, 0.15) is 64.1 Å². The predicted octanol–water partition coefficient (Wildman–Crippen LogP) is 5.87. The standard InChI is InChI=1S/C31H40F3N3O3.S3/c1-22(38)35-16-14-23(15-17-35)20-28(39)37-19-18-36(21-27(37)30(2,3)4)29(24-8-6-5-7-9-24)25-10-12-26(13-11-25)40-31(32,33)34;1-3-2/h5-13,23,27,29H,14-21H2,1-4H3;/t27-,29?;/m1./s1. The number of nitrogens with zero attached hydrogens (tertiary/aromatic N) is 3. The Morgan fingerprint density at radius 2 is 1.49 bits per heavy atom. The van der Waals surface area contributed by atoms with E-state index in [2.05, 4.69) is 52.8 Å². The molecule has 2 atom stereocenters. The fourth-order valence-electron chi connectivity index (χ4n) is 6.00. The second-order valence-corrected chi connectivity index (χ2v) is 13.9. The topological polar surface area (TPSA) is 53.1 Å². The van der Waals surface area contributed by atoms with E-state index in [1.54, 1.807) is 19.1 Å². The number of likely N-dealkylation sites (tertiary alicyclic amines) is 1. The molecule has 2 saturated heterocycles. The van der Waals surface area contributed by atoms with Gasteiger partial charge in [0.25, 0.3) is 0 Å². The van der Waals surface area contributed by atoms with Crippen molar-refractivity contribution in [1.29, 1.82) is 0 Å². The molecule has 6 nitrogen and oxygen atoms in total. The number of piperazine rings is 1. The van der Waals surface area contributed by atoms with E-state index in [1.807, 2.05) is 40.1 Å². The van der Waals surface area contributed by atoms with E-state index in [0.29, 0.717) is 39.1 Å². The van der Waals surface area contributed by atoms with Gasteiger partial charge in [-0.3, -0.25) is 14.5 Å². The molecule has 0 bridgehead atoms. The fraction of sp³-hybridized carbons (Fsp3) is 0.548. The molecule has 12 heteroatoms. The third kappa shape index (κ3) is 10.3. The summed E-state index contributed by atoms with van der Waals surface area (Å²) in [5, 5.41) is 0. The number of halogens is 3. The number of ether oxygens (including phenoxy) is 1. The van der Waals surface area contributed by atoms with E-state index >= 15 is 0 Å². The van der Waals surface area contributed by atoms with E-state index < -0.39 is 6.36 Å². The molecule has 2 fully saturated rings. The zero-order chi connectivity index (χ0) is 31.8. The van der Waals surface area contributed by atoms with E-state index in [4.69, 9.17) is 0 Å². The van der Waals surface area contributed by atoms with Crippen LogP contribution in [-0.2, 0) is 40.8 Å². The maximum absolute atomic E-state index is 13.6. The number of carbonyl (C=O) groups excluding carboxylic acids is 2. The molecule has 0 N–H and O–H groups in total. The first kappa shape index (κ1) is 35.1. The van der Waals surface area contributed by atoms with Crippen LogP contribution in [0.3, 0.4) is 0 Å². The Kier molecular flexibility index (Phi) is 12.7. The van der Waals surface area contributed by atoms with Crippen LogP contribution in [0.25, 0.3) is 0 Å². The molecule has 0 spiro atoms. The van der Waals surface area contributed by atoms with E-state index in [1.165, 1.54) is 12.1 Å². The Balaban J connectivity index is 0.00000162. The molecule has 1 unspecified atom stereocenters. The smallest absolute Gasteiger partial charge is 0.406 e. The minimum Gasteiger partial charge on any atom is -0.406 e. The molecule has 0 aromatic heterocycles. The fourth-order valence-corrected chi connectivity index (χ4v) is 6.00. The van der Waals surface area contributed by atoms with Crippen LogP contribution in [-0.4, -0.2) is 71.6 Å². The number of benzene rings is 2. The summed E-state index contributed by atoms with van der Waals surface area (Å²) >= 11 is 8.25. The number of alkyl halides is 3. The number of hydrogen-bond donors (Lipinski definition) is 0. The summed E-state index contributed by atoms with van der Waals surface area (Å²) in [6, 6.07) is 15.8. The Bertz CT molecular complexity index is 1240. The zero-order valence-corrected chi connectivity index (χ0v) is 27.5. The summed E-state index contributed by atoms with van der Waals surface area (Å²) in [6.45, 7) is 11.3. The average molecular weight is 656 g/mol. The van der Waals surface area contributed by atoms with Crippen LogP contribution in [0.2, 0.25) is 0 Å². The van der Waals surface area contributed by atoms with Crippen molar-refractivity contribution in [2.24, 2.45) is 11.3 Å². The SMILES string of the molecule is CC(=O)N1CCC(CC(=O)N2CCN(C(c3ccccc3)c3ccc(OC(F)(F)F)cc3)C[C@@H]2C(C)(C)C)CC1.S=S=S. The maximum atomic E-state index is 13.6. The van der Waals surface area contributed by atoms with E-state index in [9.17, 15) is 22.8 Å². The highest BCUT2D eigenvalue weighted by Crippen LogP contribution is 2.36. The summed E-state index contributed by atoms with van der Waals surface area (Å²) in [4.78, 5) is 31.5. The van der Waals surface area contributed by atoms with Gasteiger partial charge in [0.1, 0.15) is 5.75 Å². The molecular weight excluding hydrogens is 616 g/mol. The lowest BCUT2D eigenvalue weighted by molar-refractivity contribution is -0.274. The van der Waals surface area contributed by atoms with Crippen molar-refractivity contribution < 1.29 is 27.5 Å². The van der Waals surface area contributed by atoms with Gasteiger partial charge in [0.15, 0.2) is 0 Å². The number of rotatable bonds is 6. The van der Waals surface area contributed by atoms with Crippen molar-refractivity contribution in [3.63, 3.8) is 0 Å². The lowest BCUT2D eigenvalue weighted by Crippen LogP contribution is -2.60. The first-order chi connectivity index (χ1) is 20.2. The van der Waals surface area contributed by atoms with Gasteiger partial charge < -0.3 is 14.5 Å². The summed E-state index contributed by atoms with van der Waals surface area (Å²) in [5.74, 6) is 0.270. The summed E-state index contributed by atoms with van der Waals surface area (Å²) in [6.07, 6.45) is -2.57. The average Bonchev–Trinajstić information content (AvgIpc) is 2.94. The van der Waals surface area contributed by atoms with Crippen molar-refractivity contribution in [3.05, 3.63) is 65.7 Å². The van der Waals surface area contributed by atoms with Gasteiger partial charge in [-0.05, 0) is 47.4 Å². The molecule has 2 aliphatic rings. The van der Waals surface area contributed by atoms with Gasteiger partial charge >= 0.3 is 6.36 Å². The van der Waals surface area contributed by atoms with Crippen LogP contribution >= 0.6 is 0 Å². The van der Waals surface area contributed by atoms with Gasteiger partial charge in [-0.15, -0.1) is 13.2 Å². The third-order valence-electron chi connectivity index (χ3n) is 8.16. The normalized spacial score (nSPS) is 19.2. The monoisotopic (exact) mass is 655 g/mol. The van der Waals surface area contributed by atoms with E-state index in [-0.39, 0.29) is 41.0 Å². The second kappa shape index (κ2) is 15.5. The van der Waals surface area contributed by atoms with Crippen LogP contribution < -0.4 is 4.74 Å². The lowest BCUT2D eigenvalue weighted by Gasteiger charge is -2.50. The summed E-state index contributed by atoms with van der Waals surface area (Å²) in [5.41, 5.74) is 1.72. The Morgan fingerprint density at radius 3 is 2.00 bits per heavy atom. The Labute approximate surface area is 265 Å². The predicted molar refractivity (Wildman–Crippen MR) is 170 cm³/mol. The Morgan fingerprint density at radius 1 is 0.930 bits per heavy atom. The van der Waals surface area contributed by atoms with Gasteiger partial charge in [0.05, 0.1) is 6.04 Å². The van der Waals surface area contributed by atoms with Crippen LogP contribution in [0.4, 0.5) is 13.2 Å². The largest absolute Gasteiger partial charge is 0.573 e. The highest BCUT2D eigenvalue weighted by Gasteiger charge is 2.41. The number of carbonyl (C=O) groups is 2. The first-order valence-corrected chi connectivity index (χ1v) is 17.0. The van der Waals surface area contributed by atoms with Gasteiger partial charge in [-0.1, -0.05) is 63.2 Å². The van der Waals surface area contributed by atoms with Crippen LogP contribution in [0.5, 0.6) is 5.75 Å². The summed E-state index contributed by atoms with van der Waals surface area (Å²) in [7, 11) is 0.917. The highest BCUT2D eigenvalue weighted by molar-refractivity contribution is 8.37. The van der Waals surface area contributed by atoms with Gasteiger partial charge in [0, 0.05) is 83.4 Å². The van der Waals surface area contributed by atoms with Crippen LogP contribution in [0, 0.1) is 11.3 Å². The number of piperidine rings is 1. The van der Waals surface area contributed by atoms with Crippen molar-refractivity contribution >= 4 is 43.1 Å². The quantitative estimate of drug-likeness (QED) is 0.388. The molecule has 2 aromatic carbocycles. The van der Waals surface area contributed by atoms with Gasteiger partial charge in [-0.2, -0.15) is 0 Å². The van der Waals surface area contributed by atoms with E-state index in [0.717, 1.165) is 32.8 Å². The minimum absolute atomic E-state index is 0.0369. The lowest BCUT2D eigenvalue weighted by atomic mass is 9.82. The first-order valence-electron chi connectivity index (χ1n) is 14.3. The van der Waals surface area contributed by atoms with Crippen molar-refractivity contribution in [1.82, 2.24) is 14.7 Å². The van der Waals surface area contributed by atoms with Crippen molar-refractivity contribution in [2.45, 2.75) is 65.4 Å². The molecule has 43 heavy (non-hydrogen) atoms. The van der Waals surface area contributed by atoms with Gasteiger partial charge in [0.2, 0.25) is 11.8 Å². The number of hydrogen-bond acceptors (Lipinski definition) is 6. The van der Waals surface area contributed by atoms with Gasteiger partial charge in [-0.25, -0.2) is 0 Å². The van der Waals surface area contributed by atoms with Crippen molar-refractivity contribution in [2.75, 3.05) is 32.7 Å². The maximum Gasteiger partial charge on any atom is 0.573 e. The molecule has 2 aromatic rings. The molecule has 0 radical (unpaired) electrons. The zero-order valence-electron chi connectivity index (χ0n) is 25.0. The molecular formula is C31H40F3N3O3S3. The van der Waals surface area contributed by atoms with Crippen molar-refractivity contribution in [3.8, 4) is 5.75 Å². The molecule has 2 heterocycles.